The maximum absolute atomic E-state index is 12.2. The number of nitrogen functional groups attached to an aromatic ring is 1. The summed E-state index contributed by atoms with van der Waals surface area (Å²) in [5.74, 6) is 1.71. The molecule has 0 saturated carbocycles. The molecule has 0 aliphatic heterocycles. The van der Waals surface area contributed by atoms with E-state index in [0.29, 0.717) is 24.6 Å². The number of rotatable bonds is 6. The first-order chi connectivity index (χ1) is 14.2. The van der Waals surface area contributed by atoms with E-state index >= 15 is 0 Å². The summed E-state index contributed by atoms with van der Waals surface area (Å²) in [4.78, 5) is 42.4. The highest BCUT2D eigenvalue weighted by atomic mass is 16.3. The second-order valence-corrected chi connectivity index (χ2v) is 6.82. The number of amides is 1. The Hall–Kier alpha value is -3.76. The van der Waals surface area contributed by atoms with Crippen LogP contribution in [0.1, 0.15) is 29.2 Å². The van der Waals surface area contributed by atoms with Crippen molar-refractivity contribution in [2.45, 2.75) is 33.2 Å². The number of benzene rings is 1. The summed E-state index contributed by atoms with van der Waals surface area (Å²) in [6, 6.07) is 4.13. The Kier molecular flexibility index (Phi) is 7.62. The Balaban J connectivity index is 0.00000101. The molecule has 1 aromatic carbocycles. The van der Waals surface area contributed by atoms with Gasteiger partial charge in [0.1, 0.15) is 5.82 Å². The molecule has 0 bridgehead atoms. The molecule has 0 aliphatic carbocycles. The molecule has 0 atom stereocenters. The zero-order valence-electron chi connectivity index (χ0n) is 17.4. The van der Waals surface area contributed by atoms with Crippen molar-refractivity contribution < 1.29 is 14.7 Å². The van der Waals surface area contributed by atoms with Crippen molar-refractivity contribution in [3.8, 4) is 0 Å². The lowest BCUT2D eigenvalue weighted by molar-refractivity contribution is -0.123. The van der Waals surface area contributed by atoms with Crippen molar-refractivity contribution in [3.05, 3.63) is 34.9 Å². The highest BCUT2D eigenvalue weighted by Gasteiger charge is 2.10. The minimum absolute atomic E-state index is 0.104. The fourth-order valence-corrected chi connectivity index (χ4v) is 2.64. The first-order valence-corrected chi connectivity index (χ1v) is 9.21. The molecule has 5 N–H and O–H groups in total. The van der Waals surface area contributed by atoms with Crippen LogP contribution < -0.4 is 16.0 Å². The average molecular weight is 414 g/mol. The Morgan fingerprint density at radius 3 is 2.53 bits per heavy atom. The number of carboxylic acid groups (broad SMARTS) is 1. The number of carbonyl (C=O) groups is 2. The zero-order chi connectivity index (χ0) is 22.3. The van der Waals surface area contributed by atoms with Crippen LogP contribution in [0.3, 0.4) is 0 Å². The summed E-state index contributed by atoms with van der Waals surface area (Å²) in [5.41, 5.74) is 10.0. The number of aromatic amines is 1. The van der Waals surface area contributed by atoms with Crippen LogP contribution in [0.25, 0.3) is 11.0 Å². The molecule has 0 fully saturated rings. The van der Waals surface area contributed by atoms with Gasteiger partial charge < -0.3 is 26.0 Å². The summed E-state index contributed by atoms with van der Waals surface area (Å²) >= 11 is 0. The lowest BCUT2D eigenvalue weighted by Crippen LogP contribution is -2.25. The normalized spacial score (nSPS) is 10.3. The fourth-order valence-electron chi connectivity index (χ4n) is 2.64. The maximum Gasteiger partial charge on any atom is 0.290 e. The van der Waals surface area contributed by atoms with Crippen molar-refractivity contribution in [3.63, 3.8) is 0 Å². The summed E-state index contributed by atoms with van der Waals surface area (Å²) in [6.07, 6.45) is 0.847. The van der Waals surface area contributed by atoms with Gasteiger partial charge in [-0.2, -0.15) is 15.0 Å². The molecular formula is C19H26N8O3. The summed E-state index contributed by atoms with van der Waals surface area (Å²) in [7, 11) is 3.63. The number of fused-ring (bicyclic) bond motifs is 1. The van der Waals surface area contributed by atoms with Crippen LogP contribution >= 0.6 is 0 Å². The SMILES string of the molecule is Cc1cc2nc(CCC(=O)NCc3nc(N)nc(N(C)C)n3)[nH]c2cc1C.O=CO. The van der Waals surface area contributed by atoms with E-state index in [4.69, 9.17) is 15.6 Å². The van der Waals surface area contributed by atoms with Crippen molar-refractivity contribution >= 4 is 35.3 Å². The van der Waals surface area contributed by atoms with E-state index in [1.807, 2.05) is 14.1 Å². The molecule has 2 aromatic heterocycles. The van der Waals surface area contributed by atoms with Gasteiger partial charge in [0.15, 0.2) is 5.82 Å². The van der Waals surface area contributed by atoms with Crippen LogP contribution in [-0.4, -0.2) is 56.5 Å². The number of hydrogen-bond acceptors (Lipinski definition) is 8. The highest BCUT2D eigenvalue weighted by Crippen LogP contribution is 2.17. The summed E-state index contributed by atoms with van der Waals surface area (Å²) < 4.78 is 0. The fraction of sp³-hybridized carbons (Fsp3) is 0.368. The van der Waals surface area contributed by atoms with Crippen molar-refractivity contribution in [2.24, 2.45) is 0 Å². The second-order valence-electron chi connectivity index (χ2n) is 6.82. The van der Waals surface area contributed by atoms with E-state index < -0.39 is 0 Å². The number of nitrogens with one attached hydrogen (secondary N) is 2. The van der Waals surface area contributed by atoms with Gasteiger partial charge in [-0.1, -0.05) is 0 Å². The van der Waals surface area contributed by atoms with Crippen LogP contribution in [0.4, 0.5) is 11.9 Å². The largest absolute Gasteiger partial charge is 0.483 e. The van der Waals surface area contributed by atoms with Crippen molar-refractivity contribution in [2.75, 3.05) is 24.7 Å². The van der Waals surface area contributed by atoms with Crippen molar-refractivity contribution in [1.29, 1.82) is 0 Å². The minimum Gasteiger partial charge on any atom is -0.483 e. The van der Waals surface area contributed by atoms with Crippen LogP contribution in [0.15, 0.2) is 12.1 Å². The molecular weight excluding hydrogens is 388 g/mol. The highest BCUT2D eigenvalue weighted by molar-refractivity contribution is 5.78. The number of H-pyrrole nitrogens is 1. The number of nitrogens with two attached hydrogens (primary N) is 1. The Morgan fingerprint density at radius 2 is 1.87 bits per heavy atom. The molecule has 160 valence electrons. The molecule has 3 rings (SSSR count). The Morgan fingerprint density at radius 1 is 1.20 bits per heavy atom. The minimum atomic E-state index is -0.250. The number of nitrogens with zero attached hydrogens (tertiary/aromatic N) is 5. The zero-order valence-corrected chi connectivity index (χ0v) is 17.4. The number of carbonyl (C=O) groups excluding carboxylic acids is 1. The van der Waals surface area contributed by atoms with Crippen LogP contribution in [0.5, 0.6) is 0 Å². The third kappa shape index (κ3) is 6.12. The van der Waals surface area contributed by atoms with Crippen LogP contribution in [0.2, 0.25) is 0 Å². The molecule has 3 aromatic rings. The molecule has 0 radical (unpaired) electrons. The number of aryl methyl sites for hydroxylation is 3. The van der Waals surface area contributed by atoms with Gasteiger partial charge in [0.25, 0.3) is 6.47 Å². The third-order valence-corrected chi connectivity index (χ3v) is 4.27. The predicted molar refractivity (Wildman–Crippen MR) is 113 cm³/mol. The van der Waals surface area contributed by atoms with E-state index in [9.17, 15) is 4.79 Å². The maximum atomic E-state index is 12.2. The molecule has 0 aliphatic rings. The van der Waals surface area contributed by atoms with Gasteiger partial charge in [-0.15, -0.1) is 0 Å². The van der Waals surface area contributed by atoms with Gasteiger partial charge in [-0.25, -0.2) is 4.98 Å². The molecule has 0 unspecified atom stereocenters. The Bertz CT molecular complexity index is 993. The topological polar surface area (TPSA) is 163 Å². The number of imidazole rings is 1. The van der Waals surface area contributed by atoms with E-state index in [2.05, 4.69) is 56.2 Å². The molecule has 2 heterocycles. The molecule has 1 amide bonds. The molecule has 11 heteroatoms. The standard InChI is InChI=1S/C18H24N8O.CH2O2/c1-10-7-12-13(8-11(10)2)22-14(21-12)5-6-16(27)20-9-15-23-17(19)25-18(24-15)26(3)4;2-1-3/h7-8H,5-6,9H2,1-4H3,(H,20,27)(H,21,22)(H2,19,23,24,25);1H,(H,2,3). The Labute approximate surface area is 173 Å². The lowest BCUT2D eigenvalue weighted by Gasteiger charge is -2.11. The van der Waals surface area contributed by atoms with Gasteiger partial charge in [-0.05, 0) is 37.1 Å². The average Bonchev–Trinajstić information content (AvgIpc) is 3.07. The molecule has 11 nitrogen and oxygen atoms in total. The van der Waals surface area contributed by atoms with Gasteiger partial charge in [0.05, 0.1) is 17.6 Å². The van der Waals surface area contributed by atoms with Crippen LogP contribution in [-0.2, 0) is 22.6 Å². The quantitative estimate of drug-likeness (QED) is 0.430. The summed E-state index contributed by atoms with van der Waals surface area (Å²) in [6.45, 7) is 4.08. The number of anilines is 2. The first-order valence-electron chi connectivity index (χ1n) is 9.21. The van der Waals surface area contributed by atoms with E-state index in [-0.39, 0.29) is 24.9 Å². The predicted octanol–water partition coefficient (Wildman–Crippen LogP) is 0.963. The monoisotopic (exact) mass is 414 g/mol. The molecule has 30 heavy (non-hydrogen) atoms. The van der Waals surface area contributed by atoms with Crippen LogP contribution in [0, 0.1) is 13.8 Å². The van der Waals surface area contributed by atoms with E-state index in [1.54, 1.807) is 4.90 Å². The lowest BCUT2D eigenvalue weighted by atomic mass is 10.1. The third-order valence-electron chi connectivity index (χ3n) is 4.27. The van der Waals surface area contributed by atoms with Gasteiger partial charge in [0, 0.05) is 26.9 Å². The van der Waals surface area contributed by atoms with E-state index in [1.165, 1.54) is 11.1 Å². The second kappa shape index (κ2) is 10.1. The smallest absolute Gasteiger partial charge is 0.290 e. The van der Waals surface area contributed by atoms with Crippen molar-refractivity contribution in [1.82, 2.24) is 30.2 Å². The number of aromatic nitrogens is 5. The van der Waals surface area contributed by atoms with Gasteiger partial charge in [-0.3, -0.25) is 9.59 Å². The molecule has 0 spiro atoms. The van der Waals surface area contributed by atoms with E-state index in [0.717, 1.165) is 16.9 Å². The molecule has 0 saturated heterocycles. The first kappa shape index (κ1) is 22.5. The summed E-state index contributed by atoms with van der Waals surface area (Å²) in [5, 5.41) is 9.70. The number of hydrogen-bond donors (Lipinski definition) is 4. The van der Waals surface area contributed by atoms with Gasteiger partial charge >= 0.3 is 0 Å². The van der Waals surface area contributed by atoms with Gasteiger partial charge in [0.2, 0.25) is 17.8 Å².